The first-order chi connectivity index (χ1) is 12.4. The number of ether oxygens (including phenoxy) is 1. The highest BCUT2D eigenvalue weighted by molar-refractivity contribution is 7.14. The van der Waals surface area contributed by atoms with E-state index in [-0.39, 0.29) is 17.9 Å². The van der Waals surface area contributed by atoms with Gasteiger partial charge in [0.15, 0.2) is 5.13 Å². The van der Waals surface area contributed by atoms with Gasteiger partial charge in [0.25, 0.3) is 5.91 Å². The SMILES string of the molecule is CN1C(=O)C(C)(C)c2cc(-c3csc(NC(=O)C4CCCO4)n3)ccc21. The standard InChI is InChI=1S/C19H21N3O3S/c1-19(2)12-9-11(6-7-14(12)22(3)17(19)24)13-10-26-18(20-13)21-16(23)15-5-4-8-25-15/h6-7,9-10,15H,4-5,8H2,1-3H3,(H,20,21,23). The van der Waals surface area contributed by atoms with Crippen LogP contribution >= 0.6 is 11.3 Å². The Hall–Kier alpha value is -2.25. The highest BCUT2D eigenvalue weighted by atomic mass is 32.1. The lowest BCUT2D eigenvalue weighted by Crippen LogP contribution is -2.33. The Morgan fingerprint density at radius 2 is 2.23 bits per heavy atom. The van der Waals surface area contributed by atoms with Crippen LogP contribution in [0.15, 0.2) is 23.6 Å². The number of amides is 2. The molecule has 1 unspecified atom stereocenters. The van der Waals surface area contributed by atoms with Crippen molar-refractivity contribution in [3.8, 4) is 11.3 Å². The third-order valence-electron chi connectivity index (χ3n) is 5.12. The van der Waals surface area contributed by atoms with Gasteiger partial charge in [0.2, 0.25) is 5.91 Å². The second-order valence-electron chi connectivity index (χ2n) is 7.25. The molecule has 26 heavy (non-hydrogen) atoms. The maximum absolute atomic E-state index is 12.4. The van der Waals surface area contributed by atoms with E-state index < -0.39 is 5.41 Å². The molecule has 2 aromatic rings. The Bertz CT molecular complexity index is 884. The molecule has 136 valence electrons. The summed E-state index contributed by atoms with van der Waals surface area (Å²) in [5.74, 6) is -0.0434. The number of anilines is 2. The van der Waals surface area contributed by atoms with Gasteiger partial charge in [-0.3, -0.25) is 14.9 Å². The average molecular weight is 371 g/mol. The zero-order chi connectivity index (χ0) is 18.5. The van der Waals surface area contributed by atoms with Crippen molar-refractivity contribution in [1.29, 1.82) is 0 Å². The summed E-state index contributed by atoms with van der Waals surface area (Å²) in [6, 6.07) is 5.95. The van der Waals surface area contributed by atoms with Gasteiger partial charge in [0, 0.05) is 30.3 Å². The summed E-state index contributed by atoms with van der Waals surface area (Å²) in [5.41, 5.74) is 3.12. The van der Waals surface area contributed by atoms with E-state index >= 15 is 0 Å². The number of rotatable bonds is 3. The minimum atomic E-state index is -0.549. The van der Waals surface area contributed by atoms with Crippen LogP contribution < -0.4 is 10.2 Å². The summed E-state index contributed by atoms with van der Waals surface area (Å²) in [7, 11) is 1.80. The fourth-order valence-electron chi connectivity index (χ4n) is 3.57. The summed E-state index contributed by atoms with van der Waals surface area (Å²) >= 11 is 1.39. The molecule has 7 heteroatoms. The van der Waals surface area contributed by atoms with E-state index in [1.165, 1.54) is 11.3 Å². The van der Waals surface area contributed by atoms with Crippen molar-refractivity contribution in [1.82, 2.24) is 4.98 Å². The molecule has 2 amide bonds. The second kappa shape index (κ2) is 6.17. The second-order valence-corrected chi connectivity index (χ2v) is 8.11. The first kappa shape index (κ1) is 17.2. The van der Waals surface area contributed by atoms with Crippen molar-refractivity contribution in [3.05, 3.63) is 29.1 Å². The summed E-state index contributed by atoms with van der Waals surface area (Å²) in [5, 5.41) is 5.32. The van der Waals surface area contributed by atoms with Crippen molar-refractivity contribution in [2.24, 2.45) is 0 Å². The molecule has 1 N–H and O–H groups in total. The molecule has 0 aliphatic carbocycles. The Morgan fingerprint density at radius 1 is 1.42 bits per heavy atom. The number of carbonyl (C=O) groups excluding carboxylic acids is 2. The van der Waals surface area contributed by atoms with Crippen LogP contribution in [0.4, 0.5) is 10.8 Å². The number of carbonyl (C=O) groups is 2. The number of nitrogens with zero attached hydrogens (tertiary/aromatic N) is 2. The molecular formula is C19H21N3O3S. The Kier molecular flexibility index (Phi) is 4.08. The van der Waals surface area contributed by atoms with Crippen LogP contribution in [-0.4, -0.2) is 36.6 Å². The summed E-state index contributed by atoms with van der Waals surface area (Å²) < 4.78 is 5.40. The molecule has 4 rings (SSSR count). The number of benzene rings is 1. The van der Waals surface area contributed by atoms with Crippen molar-refractivity contribution in [3.63, 3.8) is 0 Å². The fraction of sp³-hybridized carbons (Fsp3) is 0.421. The monoisotopic (exact) mass is 371 g/mol. The minimum absolute atomic E-state index is 0.0902. The van der Waals surface area contributed by atoms with E-state index in [9.17, 15) is 9.59 Å². The molecule has 1 aromatic carbocycles. The number of fused-ring (bicyclic) bond motifs is 1. The number of hydrogen-bond donors (Lipinski definition) is 1. The van der Waals surface area contributed by atoms with Gasteiger partial charge in [-0.1, -0.05) is 6.07 Å². The third-order valence-corrected chi connectivity index (χ3v) is 5.88. The van der Waals surface area contributed by atoms with E-state index in [2.05, 4.69) is 10.3 Å². The first-order valence-electron chi connectivity index (χ1n) is 8.69. The molecule has 2 aliphatic heterocycles. The molecule has 1 fully saturated rings. The Labute approximate surface area is 156 Å². The maximum Gasteiger partial charge on any atom is 0.255 e. The lowest BCUT2D eigenvalue weighted by Gasteiger charge is -2.16. The number of thiazole rings is 1. The number of likely N-dealkylation sites (N-methyl/N-ethyl adjacent to an activating group) is 1. The summed E-state index contributed by atoms with van der Waals surface area (Å²) in [4.78, 5) is 30.8. The molecule has 0 saturated carbocycles. The highest BCUT2D eigenvalue weighted by Gasteiger charge is 2.42. The van der Waals surface area contributed by atoms with Crippen LogP contribution in [0.5, 0.6) is 0 Å². The molecule has 0 radical (unpaired) electrons. The van der Waals surface area contributed by atoms with Gasteiger partial charge in [0.1, 0.15) is 6.10 Å². The average Bonchev–Trinajstić information content (AvgIpc) is 3.34. The predicted molar refractivity (Wildman–Crippen MR) is 102 cm³/mol. The summed E-state index contributed by atoms with van der Waals surface area (Å²) in [6.07, 6.45) is 1.30. The van der Waals surface area contributed by atoms with Crippen LogP contribution in [0.3, 0.4) is 0 Å². The highest BCUT2D eigenvalue weighted by Crippen LogP contribution is 2.42. The third kappa shape index (κ3) is 2.71. The van der Waals surface area contributed by atoms with Crippen LogP contribution in [0.2, 0.25) is 0 Å². The quantitative estimate of drug-likeness (QED) is 0.899. The predicted octanol–water partition coefficient (Wildman–Crippen LogP) is 3.18. The van der Waals surface area contributed by atoms with Crippen molar-refractivity contribution in [2.45, 2.75) is 38.2 Å². The van der Waals surface area contributed by atoms with Crippen molar-refractivity contribution < 1.29 is 14.3 Å². The van der Waals surface area contributed by atoms with Gasteiger partial charge in [-0.2, -0.15) is 0 Å². The molecule has 0 spiro atoms. The van der Waals surface area contributed by atoms with E-state index in [0.717, 1.165) is 35.3 Å². The van der Waals surface area contributed by atoms with Crippen LogP contribution in [-0.2, 0) is 19.7 Å². The molecule has 1 aromatic heterocycles. The molecule has 0 bridgehead atoms. The topological polar surface area (TPSA) is 71.5 Å². The molecule has 2 aliphatic rings. The van der Waals surface area contributed by atoms with Crippen LogP contribution in [0, 0.1) is 0 Å². The van der Waals surface area contributed by atoms with Gasteiger partial charge >= 0.3 is 0 Å². The van der Waals surface area contributed by atoms with Gasteiger partial charge in [-0.25, -0.2) is 4.98 Å². The van der Waals surface area contributed by atoms with E-state index in [1.54, 1.807) is 11.9 Å². The smallest absolute Gasteiger partial charge is 0.255 e. The van der Waals surface area contributed by atoms with Crippen molar-refractivity contribution >= 4 is 34.0 Å². The van der Waals surface area contributed by atoms with E-state index in [4.69, 9.17) is 4.74 Å². The number of nitrogens with one attached hydrogen (secondary N) is 1. The largest absolute Gasteiger partial charge is 0.368 e. The number of aromatic nitrogens is 1. The summed E-state index contributed by atoms with van der Waals surface area (Å²) in [6.45, 7) is 4.52. The zero-order valence-electron chi connectivity index (χ0n) is 15.0. The van der Waals surface area contributed by atoms with Gasteiger partial charge in [-0.05, 0) is 44.4 Å². The Balaban J connectivity index is 1.58. The van der Waals surface area contributed by atoms with E-state index in [1.807, 2.05) is 37.4 Å². The van der Waals surface area contributed by atoms with Crippen LogP contribution in [0.25, 0.3) is 11.3 Å². The van der Waals surface area contributed by atoms with Gasteiger partial charge in [0.05, 0.1) is 11.1 Å². The Morgan fingerprint density at radius 3 is 2.96 bits per heavy atom. The number of hydrogen-bond acceptors (Lipinski definition) is 5. The molecule has 1 atom stereocenters. The maximum atomic E-state index is 12.4. The molecule has 1 saturated heterocycles. The fourth-order valence-corrected chi connectivity index (χ4v) is 4.29. The normalized spacial score (nSPS) is 21.1. The lowest BCUT2D eigenvalue weighted by molar-refractivity contribution is -0.124. The van der Waals surface area contributed by atoms with Crippen molar-refractivity contribution in [2.75, 3.05) is 23.9 Å². The zero-order valence-corrected chi connectivity index (χ0v) is 15.9. The lowest BCUT2D eigenvalue weighted by atomic mass is 9.85. The first-order valence-corrected chi connectivity index (χ1v) is 9.57. The van der Waals surface area contributed by atoms with Crippen LogP contribution in [0.1, 0.15) is 32.3 Å². The van der Waals surface area contributed by atoms with Gasteiger partial charge < -0.3 is 9.64 Å². The molecule has 6 nitrogen and oxygen atoms in total. The minimum Gasteiger partial charge on any atom is -0.368 e. The molecular weight excluding hydrogens is 350 g/mol. The van der Waals surface area contributed by atoms with Gasteiger partial charge in [-0.15, -0.1) is 11.3 Å². The van der Waals surface area contributed by atoms with E-state index in [0.29, 0.717) is 11.7 Å². The molecule has 3 heterocycles.